The van der Waals surface area contributed by atoms with Gasteiger partial charge in [-0.05, 0) is 37.0 Å². The van der Waals surface area contributed by atoms with E-state index >= 15 is 0 Å². The van der Waals surface area contributed by atoms with Gasteiger partial charge in [0, 0.05) is 6.04 Å². The van der Waals surface area contributed by atoms with Gasteiger partial charge in [-0.1, -0.05) is 85.0 Å². The van der Waals surface area contributed by atoms with Gasteiger partial charge in [-0.3, -0.25) is 0 Å². The van der Waals surface area contributed by atoms with Gasteiger partial charge in [0.25, 0.3) is 0 Å². The molecule has 0 heterocycles. The van der Waals surface area contributed by atoms with Crippen LogP contribution in [-0.2, 0) is 0 Å². The second-order valence-electron chi connectivity index (χ2n) is 8.30. The van der Waals surface area contributed by atoms with Crippen LogP contribution in [0.25, 0.3) is 0 Å². The molecular formula is C20H41N. The maximum absolute atomic E-state index is 6.32. The quantitative estimate of drug-likeness (QED) is 0.435. The molecule has 0 bridgehead atoms. The average molecular weight is 296 g/mol. The van der Waals surface area contributed by atoms with Crippen LogP contribution < -0.4 is 5.73 Å². The molecule has 2 unspecified atom stereocenters. The molecule has 0 aromatic carbocycles. The van der Waals surface area contributed by atoms with Gasteiger partial charge in [-0.25, -0.2) is 0 Å². The van der Waals surface area contributed by atoms with Crippen LogP contribution in [0.5, 0.6) is 0 Å². The van der Waals surface area contributed by atoms with Crippen LogP contribution in [0, 0.1) is 11.3 Å². The topological polar surface area (TPSA) is 26.0 Å². The first-order chi connectivity index (χ1) is 10.0. The van der Waals surface area contributed by atoms with Gasteiger partial charge in [0.05, 0.1) is 0 Å². The summed E-state index contributed by atoms with van der Waals surface area (Å²) in [6.45, 7) is 7.13. The lowest BCUT2D eigenvalue weighted by atomic mass is 9.69. The van der Waals surface area contributed by atoms with E-state index in [1.807, 2.05) is 0 Å². The standard InChI is InChI=1S/C20H41N/c1-4-5-6-7-8-9-10-11-12-13-14-18-17-20(2,3)16-15-19(18)21/h18-19H,4-17,21H2,1-3H3. The maximum atomic E-state index is 6.32. The first kappa shape index (κ1) is 19.0. The SMILES string of the molecule is CCCCCCCCCCCCC1CC(C)(C)CCC1N. The molecule has 0 aromatic rings. The molecule has 2 atom stereocenters. The summed E-state index contributed by atoms with van der Waals surface area (Å²) in [5, 5.41) is 0. The van der Waals surface area contributed by atoms with Gasteiger partial charge in [0.2, 0.25) is 0 Å². The van der Waals surface area contributed by atoms with Crippen molar-refractivity contribution in [2.45, 2.75) is 117 Å². The minimum atomic E-state index is 0.483. The van der Waals surface area contributed by atoms with Crippen LogP contribution in [0.4, 0.5) is 0 Å². The third-order valence-corrected chi connectivity index (χ3v) is 5.50. The summed E-state index contributed by atoms with van der Waals surface area (Å²) in [4.78, 5) is 0. The van der Waals surface area contributed by atoms with Crippen molar-refractivity contribution < 1.29 is 0 Å². The van der Waals surface area contributed by atoms with Crippen molar-refractivity contribution in [1.29, 1.82) is 0 Å². The summed E-state index contributed by atoms with van der Waals surface area (Å²) in [7, 11) is 0. The summed E-state index contributed by atoms with van der Waals surface area (Å²) < 4.78 is 0. The Kier molecular flexibility index (Phi) is 9.64. The van der Waals surface area contributed by atoms with Crippen LogP contribution in [0.3, 0.4) is 0 Å². The van der Waals surface area contributed by atoms with Gasteiger partial charge in [-0.2, -0.15) is 0 Å². The lowest BCUT2D eigenvalue weighted by Crippen LogP contribution is -2.39. The molecule has 1 aliphatic carbocycles. The molecule has 1 nitrogen and oxygen atoms in total. The fourth-order valence-electron chi connectivity index (χ4n) is 3.97. The molecule has 1 heteroatoms. The highest BCUT2D eigenvalue weighted by Crippen LogP contribution is 2.40. The van der Waals surface area contributed by atoms with E-state index in [2.05, 4.69) is 20.8 Å². The van der Waals surface area contributed by atoms with E-state index in [-0.39, 0.29) is 0 Å². The van der Waals surface area contributed by atoms with Crippen molar-refractivity contribution in [3.63, 3.8) is 0 Å². The molecule has 126 valence electrons. The van der Waals surface area contributed by atoms with Crippen molar-refractivity contribution in [3.05, 3.63) is 0 Å². The lowest BCUT2D eigenvalue weighted by Gasteiger charge is -2.39. The second kappa shape index (κ2) is 10.6. The Hall–Kier alpha value is -0.0400. The Morgan fingerprint density at radius 2 is 1.38 bits per heavy atom. The summed E-state index contributed by atoms with van der Waals surface area (Å²) in [6, 6.07) is 0.483. The summed E-state index contributed by atoms with van der Waals surface area (Å²) in [6.07, 6.45) is 19.6. The highest BCUT2D eigenvalue weighted by molar-refractivity contribution is 4.86. The van der Waals surface area contributed by atoms with Gasteiger partial charge < -0.3 is 5.73 Å². The van der Waals surface area contributed by atoms with Crippen LogP contribution >= 0.6 is 0 Å². The minimum Gasteiger partial charge on any atom is -0.327 e. The Morgan fingerprint density at radius 3 is 1.95 bits per heavy atom. The molecule has 1 rings (SSSR count). The molecule has 0 aromatic heterocycles. The normalized spacial score (nSPS) is 25.1. The first-order valence-corrected chi connectivity index (χ1v) is 9.81. The predicted octanol–water partition coefficient (Wildman–Crippen LogP) is 6.45. The smallest absolute Gasteiger partial charge is 0.00675 e. The van der Waals surface area contributed by atoms with Crippen LogP contribution in [0.2, 0.25) is 0 Å². The highest BCUT2D eigenvalue weighted by atomic mass is 14.7. The lowest BCUT2D eigenvalue weighted by molar-refractivity contribution is 0.148. The Labute approximate surface area is 134 Å². The second-order valence-corrected chi connectivity index (χ2v) is 8.30. The van der Waals surface area contributed by atoms with Crippen LogP contribution in [0.1, 0.15) is 111 Å². The molecule has 21 heavy (non-hydrogen) atoms. The number of rotatable bonds is 11. The molecule has 0 amide bonds. The van der Waals surface area contributed by atoms with E-state index in [4.69, 9.17) is 5.73 Å². The molecule has 0 saturated heterocycles. The van der Waals surface area contributed by atoms with E-state index in [0.29, 0.717) is 11.5 Å². The average Bonchev–Trinajstić information content (AvgIpc) is 2.44. The molecule has 2 N–H and O–H groups in total. The van der Waals surface area contributed by atoms with Crippen molar-refractivity contribution in [2.24, 2.45) is 17.1 Å². The number of hydrogen-bond donors (Lipinski definition) is 1. The van der Waals surface area contributed by atoms with Crippen molar-refractivity contribution >= 4 is 0 Å². The molecule has 1 fully saturated rings. The Bertz CT molecular complexity index is 246. The zero-order valence-corrected chi connectivity index (χ0v) is 15.1. The molecule has 1 saturated carbocycles. The number of hydrogen-bond acceptors (Lipinski definition) is 1. The number of nitrogens with two attached hydrogens (primary N) is 1. The van der Waals surface area contributed by atoms with E-state index in [0.717, 1.165) is 5.92 Å². The Morgan fingerprint density at radius 1 is 0.857 bits per heavy atom. The summed E-state index contributed by atoms with van der Waals surface area (Å²) in [5.41, 5.74) is 6.86. The van der Waals surface area contributed by atoms with Crippen molar-refractivity contribution in [2.75, 3.05) is 0 Å². The molecule has 1 aliphatic rings. The molecule has 0 aliphatic heterocycles. The summed E-state index contributed by atoms with van der Waals surface area (Å²) >= 11 is 0. The zero-order chi connectivity index (χ0) is 15.6. The molecule has 0 spiro atoms. The van der Waals surface area contributed by atoms with Gasteiger partial charge in [0.15, 0.2) is 0 Å². The van der Waals surface area contributed by atoms with E-state index in [1.165, 1.54) is 89.9 Å². The van der Waals surface area contributed by atoms with E-state index in [9.17, 15) is 0 Å². The monoisotopic (exact) mass is 295 g/mol. The molecular weight excluding hydrogens is 254 g/mol. The van der Waals surface area contributed by atoms with Crippen molar-refractivity contribution in [3.8, 4) is 0 Å². The van der Waals surface area contributed by atoms with E-state index in [1.54, 1.807) is 0 Å². The fraction of sp³-hybridized carbons (Fsp3) is 1.00. The third-order valence-electron chi connectivity index (χ3n) is 5.50. The van der Waals surface area contributed by atoms with Gasteiger partial charge in [0.1, 0.15) is 0 Å². The fourth-order valence-corrected chi connectivity index (χ4v) is 3.97. The molecule has 0 radical (unpaired) electrons. The van der Waals surface area contributed by atoms with Crippen LogP contribution in [0.15, 0.2) is 0 Å². The first-order valence-electron chi connectivity index (χ1n) is 9.81. The minimum absolute atomic E-state index is 0.483. The maximum Gasteiger partial charge on any atom is 0.00675 e. The van der Waals surface area contributed by atoms with E-state index < -0.39 is 0 Å². The predicted molar refractivity (Wildman–Crippen MR) is 95.6 cm³/mol. The highest BCUT2D eigenvalue weighted by Gasteiger charge is 2.32. The Balaban J connectivity index is 1.94. The van der Waals surface area contributed by atoms with Crippen LogP contribution in [-0.4, -0.2) is 6.04 Å². The zero-order valence-electron chi connectivity index (χ0n) is 15.1. The summed E-state index contributed by atoms with van der Waals surface area (Å²) in [5.74, 6) is 0.794. The van der Waals surface area contributed by atoms with Gasteiger partial charge in [-0.15, -0.1) is 0 Å². The number of unbranched alkanes of at least 4 members (excludes halogenated alkanes) is 9. The third kappa shape index (κ3) is 8.86. The van der Waals surface area contributed by atoms with Gasteiger partial charge >= 0.3 is 0 Å². The van der Waals surface area contributed by atoms with Crippen molar-refractivity contribution in [1.82, 2.24) is 0 Å². The largest absolute Gasteiger partial charge is 0.327 e.